The largest absolute Gasteiger partial charge is 0.335 e. The quantitative estimate of drug-likeness (QED) is 0.648. The standard InChI is InChI=1S/C18H22N4O2S/c1-12-6-2-4-8-14(12)21-18(24)22-16(23)10-25-17-13-7-3-5-9-15(13)19-11-20-17/h3,5,7,9,11-12,14H,2,4,6,8,10H2,1H3,(H2,21,22,23,24)/t12-,14+/m1/s1. The van der Waals surface area contributed by atoms with Gasteiger partial charge < -0.3 is 5.32 Å². The number of aromatic nitrogens is 2. The average molecular weight is 358 g/mol. The third kappa shape index (κ3) is 4.69. The monoisotopic (exact) mass is 358 g/mol. The van der Waals surface area contributed by atoms with Crippen molar-refractivity contribution in [1.82, 2.24) is 20.6 Å². The number of hydrogen-bond donors (Lipinski definition) is 2. The second kappa shape index (κ2) is 8.29. The molecule has 2 atom stereocenters. The Bertz CT molecular complexity index is 762. The second-order valence-corrected chi connectivity index (χ2v) is 7.34. The van der Waals surface area contributed by atoms with E-state index in [0.717, 1.165) is 35.2 Å². The molecule has 3 amide bonds. The van der Waals surface area contributed by atoms with Gasteiger partial charge in [-0.05, 0) is 24.8 Å². The summed E-state index contributed by atoms with van der Waals surface area (Å²) in [6, 6.07) is 7.39. The molecule has 0 unspecified atom stereocenters. The molecule has 1 saturated carbocycles. The lowest BCUT2D eigenvalue weighted by molar-refractivity contribution is -0.117. The molecule has 6 nitrogen and oxygen atoms in total. The van der Waals surface area contributed by atoms with Crippen molar-refractivity contribution in [2.24, 2.45) is 5.92 Å². The second-order valence-electron chi connectivity index (χ2n) is 6.37. The summed E-state index contributed by atoms with van der Waals surface area (Å²) >= 11 is 1.30. The molecule has 0 radical (unpaired) electrons. The first-order valence-electron chi connectivity index (χ1n) is 8.56. The minimum Gasteiger partial charge on any atom is -0.335 e. The van der Waals surface area contributed by atoms with Crippen LogP contribution in [0, 0.1) is 5.92 Å². The smallest absolute Gasteiger partial charge is 0.321 e. The number of amides is 3. The van der Waals surface area contributed by atoms with Gasteiger partial charge in [0, 0.05) is 11.4 Å². The Morgan fingerprint density at radius 1 is 1.20 bits per heavy atom. The SMILES string of the molecule is C[C@@H]1CCCC[C@@H]1NC(=O)NC(=O)CSc1ncnc2ccccc12. The van der Waals surface area contributed by atoms with Crippen LogP contribution in [0.25, 0.3) is 10.9 Å². The van der Waals surface area contributed by atoms with Crippen molar-refractivity contribution in [1.29, 1.82) is 0 Å². The molecule has 3 rings (SSSR count). The third-order valence-corrected chi connectivity index (χ3v) is 5.53. The molecule has 0 aliphatic heterocycles. The minimum atomic E-state index is -0.406. The summed E-state index contributed by atoms with van der Waals surface area (Å²) in [5.74, 6) is 0.263. The highest BCUT2D eigenvalue weighted by atomic mass is 32.2. The Morgan fingerprint density at radius 2 is 2.00 bits per heavy atom. The van der Waals surface area contributed by atoms with E-state index in [2.05, 4.69) is 27.5 Å². The van der Waals surface area contributed by atoms with Crippen LogP contribution < -0.4 is 10.6 Å². The van der Waals surface area contributed by atoms with E-state index in [-0.39, 0.29) is 17.7 Å². The van der Waals surface area contributed by atoms with Crippen molar-refractivity contribution in [2.45, 2.75) is 43.7 Å². The molecule has 2 N–H and O–H groups in total. The highest BCUT2D eigenvalue weighted by molar-refractivity contribution is 8.00. The van der Waals surface area contributed by atoms with Crippen molar-refractivity contribution < 1.29 is 9.59 Å². The summed E-state index contributed by atoms with van der Waals surface area (Å²) in [6.07, 6.45) is 5.92. The molecule has 0 spiro atoms. The molecule has 7 heteroatoms. The number of carbonyl (C=O) groups excluding carboxylic acids is 2. The summed E-state index contributed by atoms with van der Waals surface area (Å²) in [4.78, 5) is 32.5. The van der Waals surface area contributed by atoms with Gasteiger partial charge >= 0.3 is 6.03 Å². The zero-order valence-corrected chi connectivity index (χ0v) is 15.0. The first-order chi connectivity index (χ1) is 12.1. The van der Waals surface area contributed by atoms with Crippen molar-refractivity contribution in [3.05, 3.63) is 30.6 Å². The van der Waals surface area contributed by atoms with Gasteiger partial charge in [-0.1, -0.05) is 49.7 Å². The number of rotatable bonds is 4. The first-order valence-corrected chi connectivity index (χ1v) is 9.55. The maximum absolute atomic E-state index is 12.0. The molecular weight excluding hydrogens is 336 g/mol. The molecule has 1 fully saturated rings. The molecular formula is C18H22N4O2S. The topological polar surface area (TPSA) is 84.0 Å². The van der Waals surface area contributed by atoms with Crippen LogP contribution in [-0.4, -0.2) is 33.7 Å². The number of para-hydroxylation sites is 1. The van der Waals surface area contributed by atoms with Gasteiger partial charge in [-0.3, -0.25) is 10.1 Å². The Hall–Kier alpha value is -2.15. The molecule has 0 bridgehead atoms. The molecule has 132 valence electrons. The molecule has 1 aromatic heterocycles. The van der Waals surface area contributed by atoms with Crippen LogP contribution in [0.2, 0.25) is 0 Å². The van der Waals surface area contributed by atoms with Crippen molar-refractivity contribution in [2.75, 3.05) is 5.75 Å². The average Bonchev–Trinajstić information content (AvgIpc) is 2.62. The Labute approximate surface area is 151 Å². The predicted molar refractivity (Wildman–Crippen MR) is 98.4 cm³/mol. The Kier molecular flexibility index (Phi) is 5.86. The van der Waals surface area contributed by atoms with E-state index in [1.165, 1.54) is 24.5 Å². The van der Waals surface area contributed by atoms with E-state index in [4.69, 9.17) is 0 Å². The lowest BCUT2D eigenvalue weighted by Gasteiger charge is -2.29. The van der Waals surface area contributed by atoms with Gasteiger partial charge in [-0.25, -0.2) is 14.8 Å². The number of carbonyl (C=O) groups is 2. The van der Waals surface area contributed by atoms with Crippen molar-refractivity contribution in [3.8, 4) is 0 Å². The number of hydrogen-bond acceptors (Lipinski definition) is 5. The van der Waals surface area contributed by atoms with Gasteiger partial charge in [0.25, 0.3) is 0 Å². The number of benzene rings is 1. The van der Waals surface area contributed by atoms with Crippen LogP contribution in [0.15, 0.2) is 35.6 Å². The number of fused-ring (bicyclic) bond motifs is 1. The normalized spacial score (nSPS) is 20.2. The molecule has 2 aromatic rings. The molecule has 25 heavy (non-hydrogen) atoms. The van der Waals surface area contributed by atoms with Crippen molar-refractivity contribution in [3.63, 3.8) is 0 Å². The fourth-order valence-electron chi connectivity index (χ4n) is 3.13. The van der Waals surface area contributed by atoms with Gasteiger partial charge in [0.15, 0.2) is 0 Å². The fraction of sp³-hybridized carbons (Fsp3) is 0.444. The summed E-state index contributed by atoms with van der Waals surface area (Å²) < 4.78 is 0. The summed E-state index contributed by atoms with van der Waals surface area (Å²) in [5.41, 5.74) is 0.837. The maximum atomic E-state index is 12.0. The van der Waals surface area contributed by atoms with Gasteiger partial charge in [0.2, 0.25) is 5.91 Å². The maximum Gasteiger partial charge on any atom is 0.321 e. The molecule has 1 aliphatic carbocycles. The van der Waals surface area contributed by atoms with E-state index in [1.807, 2.05) is 24.3 Å². The van der Waals surface area contributed by atoms with E-state index in [0.29, 0.717) is 5.92 Å². The van der Waals surface area contributed by atoms with Crippen LogP contribution in [-0.2, 0) is 4.79 Å². The number of thioether (sulfide) groups is 1. The highest BCUT2D eigenvalue weighted by Crippen LogP contribution is 2.24. The summed E-state index contributed by atoms with van der Waals surface area (Å²) in [7, 11) is 0. The van der Waals surface area contributed by atoms with Gasteiger partial charge in [-0.2, -0.15) is 0 Å². The predicted octanol–water partition coefficient (Wildman–Crippen LogP) is 3.13. The fourth-order valence-corrected chi connectivity index (χ4v) is 3.92. The van der Waals surface area contributed by atoms with Gasteiger partial charge in [0.05, 0.1) is 11.3 Å². The molecule has 1 heterocycles. The van der Waals surface area contributed by atoms with Crippen LogP contribution in [0.5, 0.6) is 0 Å². The number of nitrogens with zero attached hydrogens (tertiary/aromatic N) is 2. The van der Waals surface area contributed by atoms with Gasteiger partial charge in [0.1, 0.15) is 11.4 Å². The zero-order valence-electron chi connectivity index (χ0n) is 14.2. The molecule has 1 aromatic carbocycles. The Balaban J connectivity index is 1.51. The molecule has 0 saturated heterocycles. The Morgan fingerprint density at radius 3 is 2.84 bits per heavy atom. The minimum absolute atomic E-state index is 0.134. The van der Waals surface area contributed by atoms with Crippen LogP contribution in [0.4, 0.5) is 4.79 Å². The number of urea groups is 1. The van der Waals surface area contributed by atoms with Crippen LogP contribution >= 0.6 is 11.8 Å². The van der Waals surface area contributed by atoms with Gasteiger partial charge in [-0.15, -0.1) is 0 Å². The zero-order chi connectivity index (χ0) is 17.6. The van der Waals surface area contributed by atoms with E-state index >= 15 is 0 Å². The highest BCUT2D eigenvalue weighted by Gasteiger charge is 2.23. The van der Waals surface area contributed by atoms with Crippen LogP contribution in [0.3, 0.4) is 0 Å². The molecule has 1 aliphatic rings. The van der Waals surface area contributed by atoms with E-state index < -0.39 is 6.03 Å². The van der Waals surface area contributed by atoms with E-state index in [1.54, 1.807) is 0 Å². The summed E-state index contributed by atoms with van der Waals surface area (Å²) in [5, 5.41) is 6.98. The third-order valence-electron chi connectivity index (χ3n) is 4.53. The van der Waals surface area contributed by atoms with Crippen molar-refractivity contribution >= 4 is 34.6 Å². The lowest BCUT2D eigenvalue weighted by atomic mass is 9.86. The first kappa shape index (κ1) is 17.7. The number of nitrogens with one attached hydrogen (secondary N) is 2. The number of imide groups is 1. The van der Waals surface area contributed by atoms with Crippen LogP contribution in [0.1, 0.15) is 32.6 Å². The lowest BCUT2D eigenvalue weighted by Crippen LogP contribution is -2.48. The van der Waals surface area contributed by atoms with E-state index in [9.17, 15) is 9.59 Å². The summed E-state index contributed by atoms with van der Waals surface area (Å²) in [6.45, 7) is 2.14.